The van der Waals surface area contributed by atoms with Crippen molar-refractivity contribution in [1.29, 1.82) is 0 Å². The van der Waals surface area contributed by atoms with E-state index < -0.39 is 5.97 Å². The maximum atomic E-state index is 11.7. The fourth-order valence-electron chi connectivity index (χ4n) is 1.46. The summed E-state index contributed by atoms with van der Waals surface area (Å²) >= 11 is 4.59. The van der Waals surface area contributed by atoms with Crippen LogP contribution in [0.15, 0.2) is 46.3 Å². The summed E-state index contributed by atoms with van der Waals surface area (Å²) in [5.74, 6) is -0.741. The molecule has 1 N–H and O–H groups in total. The maximum absolute atomic E-state index is 11.7. The van der Waals surface area contributed by atoms with Gasteiger partial charge in [0.25, 0.3) is 5.91 Å². The number of nitrogens with one attached hydrogen (secondary N) is 1. The molecule has 20 heavy (non-hydrogen) atoms. The van der Waals surface area contributed by atoms with Crippen molar-refractivity contribution in [1.82, 2.24) is 5.32 Å². The van der Waals surface area contributed by atoms with E-state index in [1.54, 1.807) is 12.1 Å². The van der Waals surface area contributed by atoms with E-state index in [1.165, 1.54) is 11.3 Å². The number of hydrogen-bond acceptors (Lipinski definition) is 4. The average Bonchev–Trinajstić information content (AvgIpc) is 2.90. The minimum atomic E-state index is -0.460. The molecular weight excluding hydrogens is 342 g/mol. The number of benzene rings is 1. The smallest absolute Gasteiger partial charge is 0.325 e. The molecule has 1 aromatic heterocycles. The number of carbonyl (C=O) groups is 2. The molecule has 4 nitrogen and oxygen atoms in total. The highest BCUT2D eigenvalue weighted by atomic mass is 79.9. The summed E-state index contributed by atoms with van der Waals surface area (Å²) in [6.45, 7) is 0.0707. The summed E-state index contributed by atoms with van der Waals surface area (Å²) in [4.78, 5) is 23.8. The number of carbonyl (C=O) groups excluding carboxylic acids is 2. The number of thiophene rings is 1. The van der Waals surface area contributed by atoms with Gasteiger partial charge in [-0.05, 0) is 33.6 Å². The molecule has 0 spiro atoms. The third-order valence-electron chi connectivity index (χ3n) is 2.43. The zero-order valence-corrected chi connectivity index (χ0v) is 12.9. The lowest BCUT2D eigenvalue weighted by atomic mass is 10.2. The third-order valence-corrected chi connectivity index (χ3v) is 4.06. The molecule has 0 unspecified atom stereocenters. The van der Waals surface area contributed by atoms with Crippen molar-refractivity contribution in [3.05, 3.63) is 56.7 Å². The van der Waals surface area contributed by atoms with E-state index in [0.717, 1.165) is 9.35 Å². The third kappa shape index (κ3) is 4.47. The van der Waals surface area contributed by atoms with Crippen LogP contribution in [0, 0.1) is 0 Å². The lowest BCUT2D eigenvalue weighted by molar-refractivity contribution is -0.143. The molecule has 1 aromatic carbocycles. The number of ether oxygens (including phenoxy) is 1. The van der Waals surface area contributed by atoms with Gasteiger partial charge in [-0.15, -0.1) is 11.3 Å². The fourth-order valence-corrected chi connectivity index (χ4v) is 2.77. The van der Waals surface area contributed by atoms with Gasteiger partial charge in [0.15, 0.2) is 0 Å². The van der Waals surface area contributed by atoms with Crippen molar-refractivity contribution in [2.24, 2.45) is 0 Å². The van der Waals surface area contributed by atoms with Crippen molar-refractivity contribution < 1.29 is 14.3 Å². The maximum Gasteiger partial charge on any atom is 0.325 e. The summed E-state index contributed by atoms with van der Waals surface area (Å²) in [5, 5.41) is 2.52. The molecule has 2 aromatic rings. The van der Waals surface area contributed by atoms with Gasteiger partial charge in [-0.2, -0.15) is 0 Å². The van der Waals surface area contributed by atoms with E-state index in [0.29, 0.717) is 4.88 Å². The Balaban J connectivity index is 1.74. The molecule has 0 saturated carbocycles. The SMILES string of the molecule is O=C(CNC(=O)c1ccc(Br)s1)OCc1ccccc1. The van der Waals surface area contributed by atoms with E-state index in [4.69, 9.17) is 4.74 Å². The normalized spacial score (nSPS) is 10.1. The van der Waals surface area contributed by atoms with E-state index in [1.807, 2.05) is 30.3 Å². The molecule has 0 aliphatic heterocycles. The summed E-state index contributed by atoms with van der Waals surface area (Å²) in [6.07, 6.45) is 0. The van der Waals surface area contributed by atoms with Crippen LogP contribution in [0.25, 0.3) is 0 Å². The second-order valence-electron chi connectivity index (χ2n) is 3.93. The van der Waals surface area contributed by atoms with Crippen LogP contribution in [0.3, 0.4) is 0 Å². The topological polar surface area (TPSA) is 55.4 Å². The van der Waals surface area contributed by atoms with Gasteiger partial charge in [-0.25, -0.2) is 0 Å². The van der Waals surface area contributed by atoms with Gasteiger partial charge in [-0.3, -0.25) is 9.59 Å². The van der Waals surface area contributed by atoms with Gasteiger partial charge >= 0.3 is 5.97 Å². The lowest BCUT2D eigenvalue weighted by Crippen LogP contribution is -2.30. The van der Waals surface area contributed by atoms with Crippen molar-refractivity contribution in [3.8, 4) is 0 Å². The molecular formula is C14H12BrNO3S. The molecule has 104 valence electrons. The quantitative estimate of drug-likeness (QED) is 0.840. The number of rotatable bonds is 5. The Morgan fingerprint density at radius 2 is 1.90 bits per heavy atom. The largest absolute Gasteiger partial charge is 0.460 e. The van der Waals surface area contributed by atoms with Gasteiger partial charge in [0.05, 0.1) is 8.66 Å². The summed E-state index contributed by atoms with van der Waals surface area (Å²) in [7, 11) is 0. The Bertz CT molecular complexity index is 597. The standard InChI is InChI=1S/C14H12BrNO3S/c15-12-7-6-11(20-12)14(18)16-8-13(17)19-9-10-4-2-1-3-5-10/h1-7H,8-9H2,(H,16,18). The monoisotopic (exact) mass is 353 g/mol. The van der Waals surface area contributed by atoms with Crippen LogP contribution >= 0.6 is 27.3 Å². The molecule has 0 saturated heterocycles. The Morgan fingerprint density at radius 1 is 1.15 bits per heavy atom. The van der Waals surface area contributed by atoms with Gasteiger partial charge in [0.2, 0.25) is 0 Å². The van der Waals surface area contributed by atoms with Crippen molar-refractivity contribution in [2.45, 2.75) is 6.61 Å². The first-order valence-corrected chi connectivity index (χ1v) is 7.49. The molecule has 0 fully saturated rings. The first-order valence-electron chi connectivity index (χ1n) is 5.88. The molecule has 0 atom stereocenters. The van der Waals surface area contributed by atoms with Crippen LogP contribution in [-0.4, -0.2) is 18.4 Å². The summed E-state index contributed by atoms with van der Waals surface area (Å²) < 4.78 is 5.93. The Morgan fingerprint density at radius 3 is 2.55 bits per heavy atom. The predicted octanol–water partition coefficient (Wildman–Crippen LogP) is 2.98. The zero-order valence-electron chi connectivity index (χ0n) is 10.5. The Labute approximate surface area is 128 Å². The number of halogens is 1. The lowest BCUT2D eigenvalue weighted by Gasteiger charge is -2.05. The van der Waals surface area contributed by atoms with Crippen molar-refractivity contribution >= 4 is 39.1 Å². The Kier molecular flexibility index (Phi) is 5.31. The molecule has 0 radical (unpaired) electrons. The average molecular weight is 354 g/mol. The van der Waals surface area contributed by atoms with Crippen molar-refractivity contribution in [3.63, 3.8) is 0 Å². The van der Waals surface area contributed by atoms with Gasteiger partial charge in [0.1, 0.15) is 13.2 Å². The molecule has 1 amide bonds. The molecule has 2 rings (SSSR count). The van der Waals surface area contributed by atoms with E-state index in [-0.39, 0.29) is 19.1 Å². The number of hydrogen-bond donors (Lipinski definition) is 1. The van der Waals surface area contributed by atoms with Gasteiger partial charge in [-0.1, -0.05) is 30.3 Å². The second-order valence-corrected chi connectivity index (χ2v) is 6.40. The number of amides is 1. The van der Waals surface area contributed by atoms with E-state index in [2.05, 4.69) is 21.2 Å². The second kappa shape index (κ2) is 7.21. The van der Waals surface area contributed by atoms with Gasteiger partial charge in [0, 0.05) is 0 Å². The van der Waals surface area contributed by atoms with Crippen LogP contribution in [0.1, 0.15) is 15.2 Å². The molecule has 0 aliphatic carbocycles. The summed E-state index contributed by atoms with van der Waals surface area (Å²) in [6, 6.07) is 12.9. The minimum Gasteiger partial charge on any atom is -0.460 e. The van der Waals surface area contributed by atoms with Gasteiger partial charge < -0.3 is 10.1 Å². The molecule has 0 bridgehead atoms. The van der Waals surface area contributed by atoms with Crippen LogP contribution in [0.2, 0.25) is 0 Å². The molecule has 0 aliphatic rings. The highest BCUT2D eigenvalue weighted by molar-refractivity contribution is 9.11. The predicted molar refractivity (Wildman–Crippen MR) is 80.6 cm³/mol. The van der Waals surface area contributed by atoms with Crippen LogP contribution < -0.4 is 5.32 Å². The first-order chi connectivity index (χ1) is 9.65. The fraction of sp³-hybridized carbons (Fsp3) is 0.143. The van der Waals surface area contributed by atoms with Crippen LogP contribution in [0.4, 0.5) is 0 Å². The molecule has 1 heterocycles. The Hall–Kier alpha value is -1.66. The van der Waals surface area contributed by atoms with Crippen molar-refractivity contribution in [2.75, 3.05) is 6.54 Å². The van der Waals surface area contributed by atoms with Crippen LogP contribution in [-0.2, 0) is 16.1 Å². The first kappa shape index (κ1) is 14.7. The highest BCUT2D eigenvalue weighted by Gasteiger charge is 2.10. The minimum absolute atomic E-state index is 0.138. The number of esters is 1. The highest BCUT2D eigenvalue weighted by Crippen LogP contribution is 2.21. The molecule has 6 heteroatoms. The van der Waals surface area contributed by atoms with E-state index >= 15 is 0 Å². The van der Waals surface area contributed by atoms with E-state index in [9.17, 15) is 9.59 Å². The summed E-state index contributed by atoms with van der Waals surface area (Å²) in [5.41, 5.74) is 0.911. The zero-order chi connectivity index (χ0) is 14.4. The van der Waals surface area contributed by atoms with Crippen LogP contribution in [0.5, 0.6) is 0 Å².